The van der Waals surface area contributed by atoms with E-state index in [9.17, 15) is 0 Å². The van der Waals surface area contributed by atoms with Crippen molar-refractivity contribution >= 4 is 11.1 Å². The highest BCUT2D eigenvalue weighted by molar-refractivity contribution is 5.72. The molecular weight excluding hydrogens is 188 g/mol. The summed E-state index contributed by atoms with van der Waals surface area (Å²) in [5, 5.41) is 3.41. The maximum Gasteiger partial charge on any atom is 0.200 e. The zero-order valence-corrected chi connectivity index (χ0v) is 8.73. The van der Waals surface area contributed by atoms with E-state index < -0.39 is 0 Å². The average molecular weight is 202 g/mol. The van der Waals surface area contributed by atoms with E-state index >= 15 is 0 Å². The molecule has 0 saturated carbocycles. The standard InChI is InChI=1S/C12H14N2O/c1-8-9(6-7-13-8)12-14-10-4-2-3-5-11(10)15-12/h2-5,8-9,13H,6-7H2,1H3. The fourth-order valence-corrected chi connectivity index (χ4v) is 2.24. The van der Waals surface area contributed by atoms with Crippen molar-refractivity contribution in [2.24, 2.45) is 0 Å². The minimum atomic E-state index is 0.428. The van der Waals surface area contributed by atoms with E-state index in [2.05, 4.69) is 17.2 Å². The molecule has 1 aliphatic rings. The predicted molar refractivity (Wildman–Crippen MR) is 58.8 cm³/mol. The number of oxazole rings is 1. The van der Waals surface area contributed by atoms with Crippen LogP contribution in [0.5, 0.6) is 0 Å². The smallest absolute Gasteiger partial charge is 0.200 e. The summed E-state index contributed by atoms with van der Waals surface area (Å²) in [4.78, 5) is 4.54. The molecule has 1 aliphatic heterocycles. The van der Waals surface area contributed by atoms with Gasteiger partial charge < -0.3 is 9.73 Å². The molecule has 1 N–H and O–H groups in total. The van der Waals surface area contributed by atoms with Gasteiger partial charge in [0.25, 0.3) is 0 Å². The summed E-state index contributed by atoms with van der Waals surface area (Å²) >= 11 is 0. The first-order valence-electron chi connectivity index (χ1n) is 5.43. The Labute approximate surface area is 88.5 Å². The predicted octanol–water partition coefficient (Wildman–Crippen LogP) is 2.29. The molecule has 0 aliphatic carbocycles. The first kappa shape index (κ1) is 8.92. The first-order chi connectivity index (χ1) is 7.34. The molecule has 2 heterocycles. The van der Waals surface area contributed by atoms with Crippen LogP contribution in [-0.4, -0.2) is 17.6 Å². The number of nitrogens with zero attached hydrogens (tertiary/aromatic N) is 1. The van der Waals surface area contributed by atoms with Crippen LogP contribution in [-0.2, 0) is 0 Å². The van der Waals surface area contributed by atoms with E-state index in [0.717, 1.165) is 30.0 Å². The molecule has 1 aromatic carbocycles. The summed E-state index contributed by atoms with van der Waals surface area (Å²) in [7, 11) is 0. The molecule has 0 bridgehead atoms. The summed E-state index contributed by atoms with van der Waals surface area (Å²) in [5.74, 6) is 1.31. The Kier molecular flexibility index (Phi) is 1.99. The van der Waals surface area contributed by atoms with E-state index in [1.807, 2.05) is 24.3 Å². The Hall–Kier alpha value is -1.35. The third-order valence-electron chi connectivity index (χ3n) is 3.15. The SMILES string of the molecule is CC1NCCC1c1nc2ccccc2o1. The maximum atomic E-state index is 5.77. The highest BCUT2D eigenvalue weighted by atomic mass is 16.3. The Morgan fingerprint density at radius 1 is 1.40 bits per heavy atom. The lowest BCUT2D eigenvalue weighted by Gasteiger charge is -2.09. The van der Waals surface area contributed by atoms with Crippen molar-refractivity contribution in [1.82, 2.24) is 10.3 Å². The van der Waals surface area contributed by atoms with E-state index in [1.54, 1.807) is 0 Å². The minimum absolute atomic E-state index is 0.428. The van der Waals surface area contributed by atoms with Crippen LogP contribution in [0.2, 0.25) is 0 Å². The quantitative estimate of drug-likeness (QED) is 0.771. The average Bonchev–Trinajstić information content (AvgIpc) is 2.82. The number of hydrogen-bond donors (Lipinski definition) is 1. The van der Waals surface area contributed by atoms with Crippen LogP contribution in [0.1, 0.15) is 25.2 Å². The summed E-state index contributed by atoms with van der Waals surface area (Å²) in [6, 6.07) is 8.41. The van der Waals surface area contributed by atoms with Gasteiger partial charge in [0.05, 0.1) is 5.92 Å². The van der Waals surface area contributed by atoms with E-state index in [1.165, 1.54) is 0 Å². The van der Waals surface area contributed by atoms with Crippen LogP contribution in [0.15, 0.2) is 28.7 Å². The van der Waals surface area contributed by atoms with Crippen LogP contribution in [0.4, 0.5) is 0 Å². The van der Waals surface area contributed by atoms with Gasteiger partial charge >= 0.3 is 0 Å². The zero-order chi connectivity index (χ0) is 10.3. The third kappa shape index (κ3) is 1.43. The van der Waals surface area contributed by atoms with Gasteiger partial charge in [-0.15, -0.1) is 0 Å². The van der Waals surface area contributed by atoms with Gasteiger partial charge in [-0.05, 0) is 32.0 Å². The highest BCUT2D eigenvalue weighted by Crippen LogP contribution is 2.29. The van der Waals surface area contributed by atoms with Crippen LogP contribution in [0.3, 0.4) is 0 Å². The van der Waals surface area contributed by atoms with Gasteiger partial charge in [0, 0.05) is 6.04 Å². The van der Waals surface area contributed by atoms with E-state index in [0.29, 0.717) is 12.0 Å². The molecule has 0 amide bonds. The third-order valence-corrected chi connectivity index (χ3v) is 3.15. The van der Waals surface area contributed by atoms with Crippen molar-refractivity contribution in [2.75, 3.05) is 6.54 Å². The Balaban J connectivity index is 2.04. The van der Waals surface area contributed by atoms with Gasteiger partial charge in [-0.3, -0.25) is 0 Å². The Morgan fingerprint density at radius 3 is 3.00 bits per heavy atom. The molecule has 2 atom stereocenters. The largest absolute Gasteiger partial charge is 0.440 e. The second-order valence-corrected chi connectivity index (χ2v) is 4.16. The highest BCUT2D eigenvalue weighted by Gasteiger charge is 2.28. The van der Waals surface area contributed by atoms with Crippen LogP contribution < -0.4 is 5.32 Å². The van der Waals surface area contributed by atoms with Crippen molar-refractivity contribution in [3.05, 3.63) is 30.2 Å². The molecule has 0 spiro atoms. The van der Waals surface area contributed by atoms with Gasteiger partial charge in [0.1, 0.15) is 5.52 Å². The minimum Gasteiger partial charge on any atom is -0.440 e. The van der Waals surface area contributed by atoms with Gasteiger partial charge in [0.15, 0.2) is 11.5 Å². The molecule has 2 unspecified atom stereocenters. The summed E-state index contributed by atoms with van der Waals surface area (Å²) in [5.41, 5.74) is 1.86. The van der Waals surface area contributed by atoms with Crippen LogP contribution in [0, 0.1) is 0 Å². The normalized spacial score (nSPS) is 26.2. The molecular formula is C12H14N2O. The molecule has 3 nitrogen and oxygen atoms in total. The van der Waals surface area contributed by atoms with Gasteiger partial charge in [-0.25, -0.2) is 4.98 Å². The lowest BCUT2D eigenvalue weighted by Crippen LogP contribution is -2.21. The molecule has 78 valence electrons. The number of fused-ring (bicyclic) bond motifs is 1. The van der Waals surface area contributed by atoms with Gasteiger partial charge in [0.2, 0.25) is 0 Å². The van der Waals surface area contributed by atoms with Crippen molar-refractivity contribution in [3.8, 4) is 0 Å². The number of benzene rings is 1. The molecule has 2 aromatic rings. The Morgan fingerprint density at radius 2 is 2.27 bits per heavy atom. The van der Waals surface area contributed by atoms with E-state index in [4.69, 9.17) is 4.42 Å². The molecule has 1 aromatic heterocycles. The zero-order valence-electron chi connectivity index (χ0n) is 8.73. The summed E-state index contributed by atoms with van der Waals surface area (Å²) in [6.07, 6.45) is 1.12. The summed E-state index contributed by atoms with van der Waals surface area (Å²) in [6.45, 7) is 3.25. The monoisotopic (exact) mass is 202 g/mol. The topological polar surface area (TPSA) is 38.1 Å². The van der Waals surface area contributed by atoms with Gasteiger partial charge in [-0.1, -0.05) is 12.1 Å². The number of nitrogens with one attached hydrogen (secondary N) is 1. The van der Waals surface area contributed by atoms with Crippen molar-refractivity contribution in [1.29, 1.82) is 0 Å². The summed E-state index contributed by atoms with van der Waals surface area (Å²) < 4.78 is 5.77. The second kappa shape index (κ2) is 3.35. The van der Waals surface area contributed by atoms with Crippen molar-refractivity contribution in [3.63, 3.8) is 0 Å². The fourth-order valence-electron chi connectivity index (χ4n) is 2.24. The first-order valence-corrected chi connectivity index (χ1v) is 5.43. The molecule has 1 saturated heterocycles. The number of hydrogen-bond acceptors (Lipinski definition) is 3. The van der Waals surface area contributed by atoms with Crippen molar-refractivity contribution in [2.45, 2.75) is 25.3 Å². The Bertz CT molecular complexity index is 444. The lowest BCUT2D eigenvalue weighted by atomic mass is 10.0. The van der Waals surface area contributed by atoms with Crippen LogP contribution in [0.25, 0.3) is 11.1 Å². The maximum absolute atomic E-state index is 5.77. The van der Waals surface area contributed by atoms with Crippen LogP contribution >= 0.6 is 0 Å². The molecule has 3 heteroatoms. The molecule has 1 fully saturated rings. The number of para-hydroxylation sites is 2. The number of rotatable bonds is 1. The molecule has 3 rings (SSSR count). The molecule has 15 heavy (non-hydrogen) atoms. The fraction of sp³-hybridized carbons (Fsp3) is 0.417. The lowest BCUT2D eigenvalue weighted by molar-refractivity contribution is 0.447. The number of aromatic nitrogens is 1. The van der Waals surface area contributed by atoms with Gasteiger partial charge in [-0.2, -0.15) is 0 Å². The second-order valence-electron chi connectivity index (χ2n) is 4.16. The van der Waals surface area contributed by atoms with E-state index in [-0.39, 0.29) is 0 Å². The molecule has 0 radical (unpaired) electrons. The van der Waals surface area contributed by atoms with Crippen molar-refractivity contribution < 1.29 is 4.42 Å².